The van der Waals surface area contributed by atoms with Crippen LogP contribution < -0.4 is 4.74 Å². The number of hydrogen-bond donors (Lipinski definition) is 0. The van der Waals surface area contributed by atoms with Crippen LogP contribution in [0.5, 0.6) is 5.75 Å². The number of aromatic nitrogens is 1. The first kappa shape index (κ1) is 16.3. The van der Waals surface area contributed by atoms with Crippen molar-refractivity contribution in [2.75, 3.05) is 7.11 Å². The molecule has 2 aromatic rings. The predicted octanol–water partition coefficient (Wildman–Crippen LogP) is 5.00. The summed E-state index contributed by atoms with van der Waals surface area (Å²) in [4.78, 5) is 4.61. The number of nitrogens with zero attached hydrogens (tertiary/aromatic N) is 1. The van der Waals surface area contributed by atoms with E-state index < -0.39 is 0 Å². The van der Waals surface area contributed by atoms with Gasteiger partial charge in [-0.1, -0.05) is 19.9 Å². The first-order valence-electron chi connectivity index (χ1n) is 8.83. The highest BCUT2D eigenvalue weighted by Crippen LogP contribution is 2.42. The van der Waals surface area contributed by atoms with Crippen LogP contribution in [0.3, 0.4) is 0 Å². The monoisotopic (exact) mass is 313 g/mol. The Bertz CT molecular complexity index is 671. The van der Waals surface area contributed by atoms with Crippen molar-refractivity contribution in [3.8, 4) is 5.75 Å². The van der Waals surface area contributed by atoms with Crippen LogP contribution in [0.1, 0.15) is 56.7 Å². The zero-order chi connectivity index (χ0) is 16.4. The van der Waals surface area contributed by atoms with Gasteiger partial charge in [0, 0.05) is 17.1 Å². The van der Waals surface area contributed by atoms with E-state index in [1.807, 2.05) is 26.8 Å². The summed E-state index contributed by atoms with van der Waals surface area (Å²) in [6.45, 7) is 6.01. The molecule has 4 rings (SSSR count). The fraction of sp³-hybridized carbons (Fsp3) is 0.550. The second kappa shape index (κ2) is 6.88. The number of methoxy groups -OCH3 is 1. The molecule has 0 spiro atoms. The highest BCUT2D eigenvalue weighted by atomic mass is 16.5. The van der Waals surface area contributed by atoms with Gasteiger partial charge in [0.2, 0.25) is 0 Å². The van der Waals surface area contributed by atoms with Gasteiger partial charge in [0.15, 0.2) is 0 Å². The fourth-order valence-electron chi connectivity index (χ4n) is 3.89. The molecule has 0 amide bonds. The van der Waals surface area contributed by atoms with Gasteiger partial charge in [-0.15, -0.1) is 0 Å². The van der Waals surface area contributed by atoms with E-state index in [0.29, 0.717) is 18.1 Å². The van der Waals surface area contributed by atoms with Gasteiger partial charge in [0.25, 0.3) is 0 Å². The molecule has 2 aliphatic heterocycles. The van der Waals surface area contributed by atoms with Gasteiger partial charge in [-0.2, -0.15) is 0 Å². The van der Waals surface area contributed by atoms with Gasteiger partial charge < -0.3 is 9.47 Å². The third kappa shape index (κ3) is 3.20. The van der Waals surface area contributed by atoms with E-state index in [4.69, 9.17) is 9.47 Å². The lowest BCUT2D eigenvalue weighted by atomic mass is 9.88. The molecule has 2 fully saturated rings. The summed E-state index contributed by atoms with van der Waals surface area (Å²) in [5.74, 6) is 1.54. The standard InChI is InChI=1S/C18H21NO2.C2H6/c1-11-7-18(20-2)16-10-12(3-6-17(16)19-11)13-8-14-4-5-15(9-13)21-14;1-2/h3,6-7,10,13-15H,4-5,8-9H2,1-2H3;1-2H3/t13?,14-,15?;/m1./s1. The van der Waals surface area contributed by atoms with E-state index >= 15 is 0 Å². The van der Waals surface area contributed by atoms with Gasteiger partial charge in [-0.25, -0.2) is 0 Å². The van der Waals surface area contributed by atoms with E-state index in [0.717, 1.165) is 35.2 Å². The highest BCUT2D eigenvalue weighted by Gasteiger charge is 2.35. The molecule has 2 saturated heterocycles. The Morgan fingerprint density at radius 3 is 2.43 bits per heavy atom. The summed E-state index contributed by atoms with van der Waals surface area (Å²) >= 11 is 0. The molecule has 2 aliphatic rings. The zero-order valence-corrected chi connectivity index (χ0v) is 14.6. The number of hydrogen-bond acceptors (Lipinski definition) is 3. The van der Waals surface area contributed by atoms with Crippen molar-refractivity contribution < 1.29 is 9.47 Å². The second-order valence-corrected chi connectivity index (χ2v) is 6.37. The smallest absolute Gasteiger partial charge is 0.130 e. The first-order valence-corrected chi connectivity index (χ1v) is 8.83. The number of ether oxygens (including phenoxy) is 2. The Morgan fingerprint density at radius 1 is 1.09 bits per heavy atom. The lowest BCUT2D eigenvalue weighted by Crippen LogP contribution is -2.23. The normalized spacial score (nSPS) is 25.8. The minimum absolute atomic E-state index is 0.475. The number of rotatable bonds is 2. The molecule has 124 valence electrons. The number of aryl methyl sites for hydroxylation is 1. The predicted molar refractivity (Wildman–Crippen MR) is 94.3 cm³/mol. The van der Waals surface area contributed by atoms with Crippen LogP contribution in [0, 0.1) is 6.92 Å². The summed E-state index contributed by atoms with van der Waals surface area (Å²) in [5, 5.41) is 1.12. The summed E-state index contributed by atoms with van der Waals surface area (Å²) in [7, 11) is 1.73. The average Bonchev–Trinajstić information content (AvgIpc) is 2.93. The molecule has 2 bridgehead atoms. The second-order valence-electron chi connectivity index (χ2n) is 6.37. The molecule has 0 aliphatic carbocycles. The van der Waals surface area contributed by atoms with Crippen molar-refractivity contribution in [3.63, 3.8) is 0 Å². The SMILES string of the molecule is CC.COc1cc(C)nc2ccc(C3CC4CC[C@H](C3)O4)cc12. The average molecular weight is 313 g/mol. The van der Waals surface area contributed by atoms with Crippen LogP contribution in [0.2, 0.25) is 0 Å². The van der Waals surface area contributed by atoms with E-state index in [-0.39, 0.29) is 0 Å². The Morgan fingerprint density at radius 2 is 1.78 bits per heavy atom. The summed E-state index contributed by atoms with van der Waals surface area (Å²) < 4.78 is 11.5. The molecule has 2 unspecified atom stereocenters. The molecule has 1 aromatic carbocycles. The van der Waals surface area contributed by atoms with Crippen LogP contribution in [0.25, 0.3) is 10.9 Å². The number of fused-ring (bicyclic) bond motifs is 3. The molecular weight excluding hydrogens is 286 g/mol. The van der Waals surface area contributed by atoms with Crippen molar-refractivity contribution in [3.05, 3.63) is 35.5 Å². The van der Waals surface area contributed by atoms with E-state index in [1.165, 1.54) is 18.4 Å². The van der Waals surface area contributed by atoms with Crippen molar-refractivity contribution in [2.24, 2.45) is 0 Å². The molecule has 1 aromatic heterocycles. The van der Waals surface area contributed by atoms with Gasteiger partial charge in [0.1, 0.15) is 5.75 Å². The lowest BCUT2D eigenvalue weighted by Gasteiger charge is -2.28. The van der Waals surface area contributed by atoms with Crippen LogP contribution in [-0.4, -0.2) is 24.3 Å². The van der Waals surface area contributed by atoms with E-state index in [2.05, 4.69) is 23.2 Å². The Hall–Kier alpha value is -1.61. The maximum Gasteiger partial charge on any atom is 0.130 e. The summed E-state index contributed by atoms with van der Waals surface area (Å²) in [6, 6.07) is 8.66. The Kier molecular flexibility index (Phi) is 4.86. The van der Waals surface area contributed by atoms with Gasteiger partial charge >= 0.3 is 0 Å². The highest BCUT2D eigenvalue weighted by molar-refractivity contribution is 5.86. The van der Waals surface area contributed by atoms with Crippen molar-refractivity contribution in [2.45, 2.75) is 64.6 Å². The van der Waals surface area contributed by atoms with E-state index in [9.17, 15) is 0 Å². The molecule has 3 heteroatoms. The Labute approximate surface area is 139 Å². The van der Waals surface area contributed by atoms with Crippen molar-refractivity contribution >= 4 is 10.9 Å². The van der Waals surface area contributed by atoms with E-state index in [1.54, 1.807) is 7.11 Å². The first-order chi connectivity index (χ1) is 11.2. The largest absolute Gasteiger partial charge is 0.496 e. The molecule has 0 N–H and O–H groups in total. The zero-order valence-electron chi connectivity index (χ0n) is 14.6. The lowest BCUT2D eigenvalue weighted by molar-refractivity contribution is -0.00378. The summed E-state index contributed by atoms with van der Waals surface area (Å²) in [6.07, 6.45) is 5.73. The van der Waals surface area contributed by atoms with Crippen molar-refractivity contribution in [1.82, 2.24) is 4.98 Å². The van der Waals surface area contributed by atoms with Gasteiger partial charge in [0.05, 0.1) is 24.8 Å². The van der Waals surface area contributed by atoms with Crippen LogP contribution in [0.15, 0.2) is 24.3 Å². The van der Waals surface area contributed by atoms with Gasteiger partial charge in [-0.3, -0.25) is 4.98 Å². The fourth-order valence-corrected chi connectivity index (χ4v) is 3.89. The number of pyridine rings is 1. The molecule has 0 saturated carbocycles. The number of benzene rings is 1. The quantitative estimate of drug-likeness (QED) is 0.781. The maximum absolute atomic E-state index is 5.96. The molecule has 3 nitrogen and oxygen atoms in total. The molecule has 0 radical (unpaired) electrons. The molecule has 23 heavy (non-hydrogen) atoms. The van der Waals surface area contributed by atoms with Crippen LogP contribution >= 0.6 is 0 Å². The molecular formula is C20H27NO2. The summed E-state index contributed by atoms with van der Waals surface area (Å²) in [5.41, 5.74) is 3.42. The third-order valence-electron chi connectivity index (χ3n) is 4.90. The van der Waals surface area contributed by atoms with Crippen LogP contribution in [0.4, 0.5) is 0 Å². The maximum atomic E-state index is 5.96. The third-order valence-corrected chi connectivity index (χ3v) is 4.90. The Balaban J connectivity index is 0.000000753. The molecule has 3 heterocycles. The van der Waals surface area contributed by atoms with Crippen molar-refractivity contribution in [1.29, 1.82) is 0 Å². The minimum atomic E-state index is 0.475. The van der Waals surface area contributed by atoms with Crippen LogP contribution in [-0.2, 0) is 4.74 Å². The molecule has 3 atom stereocenters. The topological polar surface area (TPSA) is 31.4 Å². The minimum Gasteiger partial charge on any atom is -0.496 e. The van der Waals surface area contributed by atoms with Gasteiger partial charge in [-0.05, 0) is 56.2 Å².